The highest BCUT2D eigenvalue weighted by atomic mass is 35.5. The van der Waals surface area contributed by atoms with E-state index in [2.05, 4.69) is 10.0 Å². The number of carbonyl (C=O) groups is 2. The van der Waals surface area contributed by atoms with Crippen LogP contribution in [0.3, 0.4) is 0 Å². The third kappa shape index (κ3) is 7.32. The highest BCUT2D eigenvalue weighted by molar-refractivity contribution is 7.89. The van der Waals surface area contributed by atoms with Crippen LogP contribution in [0.25, 0.3) is 11.1 Å². The first-order chi connectivity index (χ1) is 16.5. The lowest BCUT2D eigenvalue weighted by Crippen LogP contribution is -2.41. The van der Waals surface area contributed by atoms with Crippen LogP contribution < -0.4 is 10.0 Å². The summed E-state index contributed by atoms with van der Waals surface area (Å²) in [6.45, 7) is -0.0295. The quantitative estimate of drug-likeness (QED) is 0.345. The number of aliphatic carboxylic acids is 1. The van der Waals surface area contributed by atoms with Crippen molar-refractivity contribution in [2.24, 2.45) is 0 Å². The van der Waals surface area contributed by atoms with Gasteiger partial charge in [0.2, 0.25) is 10.0 Å². The van der Waals surface area contributed by atoms with E-state index in [-0.39, 0.29) is 29.8 Å². The second kappa shape index (κ2) is 11.4. The number of sulfonamides is 1. The molecule has 3 rings (SSSR count). The molecule has 184 valence electrons. The largest absolute Gasteiger partial charge is 0.480 e. The number of amides is 1. The molecule has 7 nitrogen and oxygen atoms in total. The fourth-order valence-electron chi connectivity index (χ4n) is 3.25. The maximum absolute atomic E-state index is 13.2. The predicted molar refractivity (Wildman–Crippen MR) is 127 cm³/mol. The Morgan fingerprint density at radius 2 is 1.46 bits per heavy atom. The average molecular weight is 523 g/mol. The molecule has 11 heteroatoms. The van der Waals surface area contributed by atoms with Crippen molar-refractivity contribution in [3.63, 3.8) is 0 Å². The van der Waals surface area contributed by atoms with E-state index in [1.54, 1.807) is 36.4 Å². The lowest BCUT2D eigenvalue weighted by molar-refractivity contribution is -0.139. The molecular weight excluding hydrogens is 502 g/mol. The Kier molecular flexibility index (Phi) is 8.55. The molecule has 1 atom stereocenters. The molecule has 0 aliphatic heterocycles. The van der Waals surface area contributed by atoms with Crippen LogP contribution in [0.1, 0.15) is 23.2 Å². The smallest absolute Gasteiger partial charge is 0.321 e. The van der Waals surface area contributed by atoms with Crippen molar-refractivity contribution in [1.82, 2.24) is 10.0 Å². The van der Waals surface area contributed by atoms with Gasteiger partial charge in [0.15, 0.2) is 0 Å². The third-order valence-corrected chi connectivity index (χ3v) is 6.76. The van der Waals surface area contributed by atoms with E-state index in [0.717, 1.165) is 23.3 Å². The predicted octanol–water partition coefficient (Wildman–Crippen LogP) is 4.23. The van der Waals surface area contributed by atoms with E-state index < -0.39 is 39.6 Å². The molecule has 35 heavy (non-hydrogen) atoms. The van der Waals surface area contributed by atoms with E-state index >= 15 is 0 Å². The number of rotatable bonds is 10. The van der Waals surface area contributed by atoms with Crippen molar-refractivity contribution in [2.45, 2.75) is 23.8 Å². The second-order valence-electron chi connectivity index (χ2n) is 7.60. The van der Waals surface area contributed by atoms with E-state index in [4.69, 9.17) is 11.6 Å². The Hall–Kier alpha value is -3.34. The summed E-state index contributed by atoms with van der Waals surface area (Å²) < 4.78 is 54.0. The molecule has 0 aliphatic rings. The second-order valence-corrected chi connectivity index (χ2v) is 9.75. The number of carbonyl (C=O) groups excluding carboxylic acids is 1. The van der Waals surface area contributed by atoms with Crippen molar-refractivity contribution < 1.29 is 31.9 Å². The van der Waals surface area contributed by atoms with Gasteiger partial charge in [-0.15, -0.1) is 0 Å². The minimum Gasteiger partial charge on any atom is -0.480 e. The molecule has 3 aromatic carbocycles. The van der Waals surface area contributed by atoms with Crippen LogP contribution in [0, 0.1) is 11.6 Å². The summed E-state index contributed by atoms with van der Waals surface area (Å²) in [5.41, 5.74) is 1.36. The molecule has 0 unspecified atom stereocenters. The number of hydrogen-bond acceptors (Lipinski definition) is 4. The summed E-state index contributed by atoms with van der Waals surface area (Å²) in [4.78, 5) is 23.5. The molecule has 0 radical (unpaired) electrons. The summed E-state index contributed by atoms with van der Waals surface area (Å²) in [6.07, 6.45) is -0.0340. The Bertz CT molecular complexity index is 1300. The topological polar surface area (TPSA) is 113 Å². The monoisotopic (exact) mass is 522 g/mol. The van der Waals surface area contributed by atoms with Gasteiger partial charge >= 0.3 is 5.97 Å². The molecule has 0 fully saturated rings. The van der Waals surface area contributed by atoms with Crippen molar-refractivity contribution in [3.8, 4) is 11.1 Å². The zero-order valence-corrected chi connectivity index (χ0v) is 19.7. The van der Waals surface area contributed by atoms with Crippen molar-refractivity contribution in [2.75, 3.05) is 6.54 Å². The Morgan fingerprint density at radius 1 is 0.914 bits per heavy atom. The van der Waals surface area contributed by atoms with E-state index in [9.17, 15) is 31.9 Å². The molecule has 3 N–H and O–H groups in total. The molecule has 0 saturated heterocycles. The molecule has 0 heterocycles. The minimum atomic E-state index is -4.14. The Balaban J connectivity index is 1.58. The van der Waals surface area contributed by atoms with Gasteiger partial charge in [0.1, 0.15) is 17.7 Å². The van der Waals surface area contributed by atoms with E-state index in [1.807, 2.05) is 0 Å². The number of carboxylic acids is 1. The first kappa shape index (κ1) is 26.3. The zero-order chi connectivity index (χ0) is 25.6. The van der Waals surface area contributed by atoms with E-state index in [0.29, 0.717) is 11.1 Å². The molecule has 1 amide bonds. The lowest BCUT2D eigenvalue weighted by Gasteiger charge is -2.15. The number of hydrogen-bond donors (Lipinski definition) is 3. The number of carboxylic acid groups (broad SMARTS) is 1. The van der Waals surface area contributed by atoms with Gasteiger partial charge in [-0.1, -0.05) is 35.9 Å². The van der Waals surface area contributed by atoms with Gasteiger partial charge in [-0.3, -0.25) is 9.59 Å². The first-order valence-electron chi connectivity index (χ1n) is 10.4. The summed E-state index contributed by atoms with van der Waals surface area (Å²) >= 11 is 5.87. The highest BCUT2D eigenvalue weighted by Gasteiger charge is 2.25. The summed E-state index contributed by atoms with van der Waals surface area (Å²) in [5.74, 6) is -3.94. The fourth-order valence-corrected chi connectivity index (χ4v) is 4.60. The molecule has 0 aliphatic carbocycles. The van der Waals surface area contributed by atoms with E-state index in [1.165, 1.54) is 12.1 Å². The maximum atomic E-state index is 13.2. The van der Waals surface area contributed by atoms with Crippen LogP contribution in [0.2, 0.25) is 5.02 Å². The van der Waals surface area contributed by atoms with Crippen LogP contribution in [0.4, 0.5) is 8.78 Å². The van der Waals surface area contributed by atoms with Crippen LogP contribution in [-0.2, 0) is 14.8 Å². The summed E-state index contributed by atoms with van der Waals surface area (Å²) in [6, 6.07) is 13.8. The van der Waals surface area contributed by atoms with Crippen molar-refractivity contribution >= 4 is 33.5 Å². The molecule has 0 bridgehead atoms. The zero-order valence-electron chi connectivity index (χ0n) is 18.2. The Labute approximate surface area is 205 Å². The number of halogens is 3. The van der Waals surface area contributed by atoms with Crippen LogP contribution >= 0.6 is 11.6 Å². The van der Waals surface area contributed by atoms with Crippen molar-refractivity contribution in [1.29, 1.82) is 0 Å². The van der Waals surface area contributed by atoms with Gasteiger partial charge in [-0.25, -0.2) is 17.2 Å². The maximum Gasteiger partial charge on any atom is 0.321 e. The van der Waals surface area contributed by atoms with Gasteiger partial charge in [0.25, 0.3) is 5.91 Å². The van der Waals surface area contributed by atoms with Gasteiger partial charge in [-0.05, 0) is 60.4 Å². The standard InChI is InChI=1S/C24H21ClF2N2O5S/c25-18-7-3-15(4-8-18)16-5-9-21(10-6-16)35(33,34)29-22(24(31)32)2-1-11-28-23(30)17-12-19(26)14-20(27)13-17/h3-10,12-14,22,29H,1-2,11H2,(H,28,30)(H,31,32)/t22-/m0/s1. The van der Waals surface area contributed by atoms with Crippen molar-refractivity contribution in [3.05, 3.63) is 89.0 Å². The van der Waals surface area contributed by atoms with Gasteiger partial charge in [0, 0.05) is 23.2 Å². The summed E-state index contributed by atoms with van der Waals surface area (Å²) in [5, 5.41) is 12.4. The van der Waals surface area contributed by atoms with Crippen LogP contribution in [0.5, 0.6) is 0 Å². The SMILES string of the molecule is O=C(NCCC[C@H](NS(=O)(=O)c1ccc(-c2ccc(Cl)cc2)cc1)C(=O)O)c1cc(F)cc(F)c1. The van der Waals surface area contributed by atoms with Crippen LogP contribution in [0.15, 0.2) is 71.6 Å². The molecule has 0 aromatic heterocycles. The van der Waals surface area contributed by atoms with Gasteiger partial charge in [0.05, 0.1) is 4.90 Å². The minimum absolute atomic E-state index is 0.0295. The van der Waals surface area contributed by atoms with Gasteiger partial charge < -0.3 is 10.4 Å². The molecular formula is C24H21ClF2N2O5S. The molecule has 0 spiro atoms. The normalized spacial score (nSPS) is 12.2. The lowest BCUT2D eigenvalue weighted by atomic mass is 10.1. The molecule has 3 aromatic rings. The number of nitrogens with one attached hydrogen (secondary N) is 2. The fraction of sp³-hybridized carbons (Fsp3) is 0.167. The van der Waals surface area contributed by atoms with Crippen LogP contribution in [-0.4, -0.2) is 38.0 Å². The number of benzene rings is 3. The average Bonchev–Trinajstić information content (AvgIpc) is 2.80. The van der Waals surface area contributed by atoms with Gasteiger partial charge in [-0.2, -0.15) is 4.72 Å². The third-order valence-electron chi connectivity index (χ3n) is 5.02. The Morgan fingerprint density at radius 3 is 2.00 bits per heavy atom. The highest BCUT2D eigenvalue weighted by Crippen LogP contribution is 2.23. The molecule has 0 saturated carbocycles. The first-order valence-corrected chi connectivity index (χ1v) is 12.3. The summed E-state index contributed by atoms with van der Waals surface area (Å²) in [7, 11) is -4.14.